The second-order valence-corrected chi connectivity index (χ2v) is 2.86. The molecule has 0 aromatic carbocycles. The zero-order chi connectivity index (χ0) is 7.71. The van der Waals surface area contributed by atoms with Gasteiger partial charge in [-0.3, -0.25) is 0 Å². The maximum Gasteiger partial charge on any atom is 0.433 e. The van der Waals surface area contributed by atoms with Crippen LogP contribution in [-0.4, -0.2) is 16.6 Å². The van der Waals surface area contributed by atoms with E-state index in [0.29, 0.717) is 0 Å². The van der Waals surface area contributed by atoms with Crippen LogP contribution in [0.3, 0.4) is 0 Å². The van der Waals surface area contributed by atoms with E-state index in [9.17, 15) is 17.6 Å². The molecule has 1 atom stereocenters. The average molecular weight is 229 g/mol. The Labute approximate surface area is 62.3 Å². The SMILES string of the molecule is FC(F)(F)C(F)(Br)CCl. The van der Waals surface area contributed by atoms with Crippen molar-refractivity contribution >= 4 is 27.5 Å². The van der Waals surface area contributed by atoms with Crippen LogP contribution in [-0.2, 0) is 0 Å². The van der Waals surface area contributed by atoms with E-state index in [-0.39, 0.29) is 0 Å². The molecular formula is C3H2BrClF4. The lowest BCUT2D eigenvalue weighted by Crippen LogP contribution is -2.36. The van der Waals surface area contributed by atoms with Crippen LogP contribution in [0.15, 0.2) is 0 Å². The molecule has 1 unspecified atom stereocenters. The number of hydrogen-bond donors (Lipinski definition) is 0. The van der Waals surface area contributed by atoms with Crippen molar-refractivity contribution in [2.45, 2.75) is 10.8 Å². The molecule has 0 fully saturated rings. The predicted molar refractivity (Wildman–Crippen MR) is 29.5 cm³/mol. The highest BCUT2D eigenvalue weighted by Gasteiger charge is 2.53. The maximum absolute atomic E-state index is 12.0. The first-order chi connectivity index (χ1) is 3.81. The lowest BCUT2D eigenvalue weighted by Gasteiger charge is -2.17. The molecule has 0 saturated carbocycles. The molecule has 0 bridgehead atoms. The summed E-state index contributed by atoms with van der Waals surface area (Å²) < 4.78 is 42.5. The Morgan fingerprint density at radius 1 is 1.22 bits per heavy atom. The van der Waals surface area contributed by atoms with Crippen molar-refractivity contribution in [2.75, 3.05) is 5.88 Å². The molecule has 0 aromatic heterocycles. The number of alkyl halides is 6. The summed E-state index contributed by atoms with van der Waals surface area (Å²) in [6.45, 7) is 0. The van der Waals surface area contributed by atoms with Gasteiger partial charge in [-0.2, -0.15) is 13.2 Å². The molecule has 0 amide bonds. The summed E-state index contributed by atoms with van der Waals surface area (Å²) in [6.07, 6.45) is -4.94. The third-order valence-corrected chi connectivity index (χ3v) is 2.00. The highest BCUT2D eigenvalue weighted by atomic mass is 79.9. The molecule has 0 nitrogen and oxygen atoms in total. The molecule has 0 aliphatic heterocycles. The highest BCUT2D eigenvalue weighted by Crippen LogP contribution is 2.39. The van der Waals surface area contributed by atoms with Crippen LogP contribution in [0.1, 0.15) is 0 Å². The minimum Gasteiger partial charge on any atom is -0.220 e. The molecule has 0 aliphatic rings. The molecule has 0 radical (unpaired) electrons. The van der Waals surface area contributed by atoms with Crippen LogP contribution in [0.25, 0.3) is 0 Å². The van der Waals surface area contributed by atoms with Gasteiger partial charge in [-0.25, -0.2) is 4.39 Å². The van der Waals surface area contributed by atoms with Gasteiger partial charge in [0.15, 0.2) is 0 Å². The van der Waals surface area contributed by atoms with Crippen LogP contribution >= 0.6 is 27.5 Å². The second kappa shape index (κ2) is 2.62. The van der Waals surface area contributed by atoms with E-state index in [0.717, 1.165) is 0 Å². The summed E-state index contributed by atoms with van der Waals surface area (Å²) in [7, 11) is 0. The van der Waals surface area contributed by atoms with Crippen molar-refractivity contribution < 1.29 is 17.6 Å². The molecule has 0 N–H and O–H groups in total. The quantitative estimate of drug-likeness (QED) is 0.479. The van der Waals surface area contributed by atoms with Crippen LogP contribution in [0.5, 0.6) is 0 Å². The molecule has 56 valence electrons. The Hall–Kier alpha value is 0.490. The smallest absolute Gasteiger partial charge is 0.220 e. The Balaban J connectivity index is 4.14. The van der Waals surface area contributed by atoms with Crippen molar-refractivity contribution in [1.29, 1.82) is 0 Å². The van der Waals surface area contributed by atoms with Gasteiger partial charge in [0.1, 0.15) is 0 Å². The van der Waals surface area contributed by atoms with Crippen LogP contribution in [0.4, 0.5) is 17.6 Å². The summed E-state index contributed by atoms with van der Waals surface area (Å²) >= 11 is 6.41. The molecule has 0 heterocycles. The van der Waals surface area contributed by atoms with Gasteiger partial charge in [-0.15, -0.1) is 11.6 Å². The monoisotopic (exact) mass is 228 g/mol. The van der Waals surface area contributed by atoms with Crippen molar-refractivity contribution in [2.24, 2.45) is 0 Å². The summed E-state index contributed by atoms with van der Waals surface area (Å²) in [5.74, 6) is -1.14. The Kier molecular flexibility index (Phi) is 2.76. The molecule has 0 spiro atoms. The van der Waals surface area contributed by atoms with Gasteiger partial charge in [-0.05, 0) is 15.9 Å². The molecule has 0 aromatic rings. The fraction of sp³-hybridized carbons (Fsp3) is 1.00. The predicted octanol–water partition coefficient (Wildman–Crippen LogP) is 2.85. The van der Waals surface area contributed by atoms with E-state index < -0.39 is 16.6 Å². The average Bonchev–Trinajstić information content (AvgIpc) is 1.64. The van der Waals surface area contributed by atoms with E-state index >= 15 is 0 Å². The molecule has 6 heteroatoms. The zero-order valence-corrected chi connectivity index (χ0v) is 6.32. The number of rotatable bonds is 1. The first-order valence-corrected chi connectivity index (χ1v) is 3.14. The van der Waals surface area contributed by atoms with Crippen LogP contribution in [0.2, 0.25) is 0 Å². The lowest BCUT2D eigenvalue weighted by atomic mass is 10.4. The Morgan fingerprint density at radius 2 is 1.56 bits per heavy atom. The van der Waals surface area contributed by atoms with Gasteiger partial charge in [0, 0.05) is 0 Å². The van der Waals surface area contributed by atoms with E-state index in [1.165, 1.54) is 0 Å². The van der Waals surface area contributed by atoms with Crippen molar-refractivity contribution in [3.63, 3.8) is 0 Å². The summed E-state index contributed by atoms with van der Waals surface area (Å²) in [6, 6.07) is 0. The van der Waals surface area contributed by atoms with E-state index in [4.69, 9.17) is 0 Å². The van der Waals surface area contributed by atoms with Gasteiger partial charge in [0.2, 0.25) is 0 Å². The topological polar surface area (TPSA) is 0 Å². The first-order valence-electron chi connectivity index (χ1n) is 1.82. The largest absolute Gasteiger partial charge is 0.433 e. The van der Waals surface area contributed by atoms with Crippen molar-refractivity contribution in [3.8, 4) is 0 Å². The van der Waals surface area contributed by atoms with E-state index in [2.05, 4.69) is 11.6 Å². The summed E-state index contributed by atoms with van der Waals surface area (Å²) in [5, 5.41) is 0. The highest BCUT2D eigenvalue weighted by molar-refractivity contribution is 9.10. The second-order valence-electron chi connectivity index (χ2n) is 1.34. The lowest BCUT2D eigenvalue weighted by molar-refractivity contribution is -0.184. The van der Waals surface area contributed by atoms with Gasteiger partial charge in [0.05, 0.1) is 5.88 Å². The fourth-order valence-electron chi connectivity index (χ4n) is 0.0758. The molecule has 0 saturated heterocycles. The summed E-state index contributed by atoms with van der Waals surface area (Å²) in [5.41, 5.74) is 0. The van der Waals surface area contributed by atoms with Gasteiger partial charge in [-0.1, -0.05) is 0 Å². The van der Waals surface area contributed by atoms with Crippen molar-refractivity contribution in [1.82, 2.24) is 0 Å². The van der Waals surface area contributed by atoms with Gasteiger partial charge < -0.3 is 0 Å². The standard InChI is InChI=1S/C3H2BrClF4/c4-2(6,1-5)3(7,8)9/h1H2. The minimum atomic E-state index is -4.94. The Bertz CT molecular complexity index is 98.5. The van der Waals surface area contributed by atoms with E-state index in [1.807, 2.05) is 0 Å². The van der Waals surface area contributed by atoms with Crippen LogP contribution < -0.4 is 0 Å². The maximum atomic E-state index is 12.0. The minimum absolute atomic E-state index is 1.14. The number of hydrogen-bond acceptors (Lipinski definition) is 0. The number of halogens is 6. The Morgan fingerprint density at radius 3 is 1.56 bits per heavy atom. The molecule has 0 rings (SSSR count). The third-order valence-electron chi connectivity index (χ3n) is 0.583. The van der Waals surface area contributed by atoms with E-state index in [1.54, 1.807) is 15.9 Å². The first kappa shape index (κ1) is 9.49. The van der Waals surface area contributed by atoms with Crippen molar-refractivity contribution in [3.05, 3.63) is 0 Å². The molecule has 9 heavy (non-hydrogen) atoms. The summed E-state index contributed by atoms with van der Waals surface area (Å²) in [4.78, 5) is 0. The van der Waals surface area contributed by atoms with Crippen LogP contribution in [0, 0.1) is 0 Å². The van der Waals surface area contributed by atoms with Gasteiger partial charge >= 0.3 is 6.18 Å². The zero-order valence-electron chi connectivity index (χ0n) is 3.97. The molecule has 0 aliphatic carbocycles. The fourth-order valence-corrected chi connectivity index (χ4v) is 0.227. The third kappa shape index (κ3) is 2.29. The normalized spacial score (nSPS) is 19.3. The van der Waals surface area contributed by atoms with Gasteiger partial charge in [0.25, 0.3) is 4.58 Å². The molecular weight excluding hydrogens is 227 g/mol.